The highest BCUT2D eigenvalue weighted by Crippen LogP contribution is 2.23. The molecule has 0 aliphatic carbocycles. The molecular formula is C18H25N5O2S. The molecule has 1 N–H and O–H groups in total. The average molecular weight is 375 g/mol. The third kappa shape index (κ3) is 4.12. The summed E-state index contributed by atoms with van der Waals surface area (Å²) in [5.74, 6) is 0.0983. The molecule has 0 bridgehead atoms. The highest BCUT2D eigenvalue weighted by molar-refractivity contribution is 8.00. The number of H-pyrrole nitrogens is 1. The molecule has 1 fully saturated rings. The third-order valence-corrected chi connectivity index (χ3v) is 5.59. The van der Waals surface area contributed by atoms with E-state index in [4.69, 9.17) is 0 Å². The Morgan fingerprint density at radius 1 is 1.23 bits per heavy atom. The van der Waals surface area contributed by atoms with Gasteiger partial charge in [-0.1, -0.05) is 36.9 Å². The Bertz CT molecular complexity index is 780. The molecule has 1 aliphatic heterocycles. The first-order valence-corrected chi connectivity index (χ1v) is 9.88. The Kier molecular flexibility index (Phi) is 6.03. The van der Waals surface area contributed by atoms with Gasteiger partial charge in [0, 0.05) is 38.4 Å². The van der Waals surface area contributed by atoms with Crippen LogP contribution >= 0.6 is 11.8 Å². The maximum absolute atomic E-state index is 12.8. The van der Waals surface area contributed by atoms with E-state index in [9.17, 15) is 9.59 Å². The average Bonchev–Trinajstić information content (AvgIpc) is 3.02. The van der Waals surface area contributed by atoms with Gasteiger partial charge >= 0.3 is 5.69 Å². The van der Waals surface area contributed by atoms with Crippen LogP contribution in [0.5, 0.6) is 0 Å². The van der Waals surface area contributed by atoms with Crippen LogP contribution in [0.15, 0.2) is 40.3 Å². The number of piperazine rings is 1. The first-order chi connectivity index (χ1) is 12.6. The fraction of sp³-hybridized carbons (Fsp3) is 0.500. The lowest BCUT2D eigenvalue weighted by atomic mass is 10.2. The van der Waals surface area contributed by atoms with Gasteiger partial charge < -0.3 is 9.80 Å². The fourth-order valence-electron chi connectivity index (χ4n) is 3.10. The number of nitrogens with zero attached hydrogens (tertiary/aromatic N) is 4. The number of anilines is 1. The topological polar surface area (TPSA) is 74.2 Å². The second kappa shape index (κ2) is 8.44. The van der Waals surface area contributed by atoms with Crippen molar-refractivity contribution in [2.75, 3.05) is 31.1 Å². The van der Waals surface area contributed by atoms with Crippen LogP contribution in [0.25, 0.3) is 0 Å². The number of carbonyl (C=O) groups is 1. The molecule has 0 saturated carbocycles. The summed E-state index contributed by atoms with van der Waals surface area (Å²) in [6.45, 7) is 7.57. The minimum Gasteiger partial charge on any atom is -0.368 e. The largest absolute Gasteiger partial charge is 0.368 e. The smallest absolute Gasteiger partial charge is 0.343 e. The van der Waals surface area contributed by atoms with Crippen molar-refractivity contribution in [2.24, 2.45) is 0 Å². The highest BCUT2D eigenvalue weighted by atomic mass is 32.2. The van der Waals surface area contributed by atoms with E-state index in [2.05, 4.69) is 27.2 Å². The first-order valence-electron chi connectivity index (χ1n) is 9.00. The number of thioether (sulfide) groups is 1. The molecule has 1 aromatic carbocycles. The van der Waals surface area contributed by atoms with Crippen molar-refractivity contribution in [1.82, 2.24) is 19.7 Å². The van der Waals surface area contributed by atoms with Crippen LogP contribution in [0.1, 0.15) is 20.3 Å². The van der Waals surface area contributed by atoms with Gasteiger partial charge in [-0.25, -0.2) is 9.89 Å². The molecule has 2 heterocycles. The number of benzene rings is 1. The van der Waals surface area contributed by atoms with Gasteiger partial charge in [-0.3, -0.25) is 9.36 Å². The lowest BCUT2D eigenvalue weighted by Gasteiger charge is -2.37. The van der Waals surface area contributed by atoms with E-state index in [0.717, 1.165) is 19.5 Å². The lowest BCUT2D eigenvalue weighted by Crippen LogP contribution is -2.50. The zero-order chi connectivity index (χ0) is 18.5. The summed E-state index contributed by atoms with van der Waals surface area (Å²) >= 11 is 1.35. The molecule has 8 heteroatoms. The molecule has 7 nitrogen and oxygen atoms in total. The molecule has 0 spiro atoms. The summed E-state index contributed by atoms with van der Waals surface area (Å²) in [6, 6.07) is 10.3. The van der Waals surface area contributed by atoms with E-state index in [1.54, 1.807) is 4.57 Å². The van der Waals surface area contributed by atoms with Crippen molar-refractivity contribution in [2.45, 2.75) is 37.2 Å². The number of aromatic amines is 1. The van der Waals surface area contributed by atoms with Crippen LogP contribution in [0.2, 0.25) is 0 Å². The van der Waals surface area contributed by atoms with Gasteiger partial charge in [0.25, 0.3) is 0 Å². The number of carbonyl (C=O) groups excluding carboxylic acids is 1. The number of aromatic nitrogens is 3. The third-order valence-electron chi connectivity index (χ3n) is 4.51. The molecule has 1 saturated heterocycles. The quantitative estimate of drug-likeness (QED) is 0.780. The van der Waals surface area contributed by atoms with E-state index < -0.39 is 0 Å². The summed E-state index contributed by atoms with van der Waals surface area (Å²) in [5.41, 5.74) is 0.979. The number of hydrogen-bond acceptors (Lipinski definition) is 5. The first kappa shape index (κ1) is 18.6. The second-order valence-corrected chi connectivity index (χ2v) is 7.68. The van der Waals surface area contributed by atoms with Crippen LogP contribution in [0.3, 0.4) is 0 Å². The second-order valence-electron chi connectivity index (χ2n) is 6.37. The highest BCUT2D eigenvalue weighted by Gasteiger charge is 2.27. The van der Waals surface area contributed by atoms with E-state index in [-0.39, 0.29) is 16.8 Å². The van der Waals surface area contributed by atoms with Crippen molar-refractivity contribution >= 4 is 23.4 Å². The maximum Gasteiger partial charge on any atom is 0.343 e. The van der Waals surface area contributed by atoms with Gasteiger partial charge in [0.1, 0.15) is 0 Å². The van der Waals surface area contributed by atoms with Gasteiger partial charge in [-0.05, 0) is 25.5 Å². The normalized spacial score (nSPS) is 15.9. The van der Waals surface area contributed by atoms with Crippen molar-refractivity contribution < 1.29 is 4.79 Å². The zero-order valence-corrected chi connectivity index (χ0v) is 16.0. The van der Waals surface area contributed by atoms with E-state index >= 15 is 0 Å². The molecule has 2 aromatic rings. The minimum absolute atomic E-state index is 0.0983. The molecule has 26 heavy (non-hydrogen) atoms. The summed E-state index contributed by atoms with van der Waals surface area (Å²) in [4.78, 5) is 28.8. The van der Waals surface area contributed by atoms with Gasteiger partial charge in [-0.15, -0.1) is 5.10 Å². The molecule has 0 radical (unpaired) electrons. The summed E-state index contributed by atoms with van der Waals surface area (Å²) in [7, 11) is 0. The van der Waals surface area contributed by atoms with E-state index in [1.807, 2.05) is 36.9 Å². The number of para-hydroxylation sites is 1. The maximum atomic E-state index is 12.8. The van der Waals surface area contributed by atoms with E-state index in [1.165, 1.54) is 17.4 Å². The molecule has 1 aromatic heterocycles. The van der Waals surface area contributed by atoms with Gasteiger partial charge in [0.2, 0.25) is 5.91 Å². The molecule has 3 rings (SSSR count). The van der Waals surface area contributed by atoms with Crippen molar-refractivity contribution in [3.63, 3.8) is 0 Å². The SMILES string of the molecule is CCCn1c(S[C@H](C)C(=O)N2CCN(c3ccccc3)CC2)n[nH]c1=O. The Hall–Kier alpha value is -2.22. The lowest BCUT2D eigenvalue weighted by molar-refractivity contribution is -0.130. The number of nitrogens with one attached hydrogen (secondary N) is 1. The minimum atomic E-state index is -0.274. The van der Waals surface area contributed by atoms with Gasteiger partial charge in [0.05, 0.1) is 5.25 Å². The predicted octanol–water partition coefficient (Wildman–Crippen LogP) is 1.81. The Labute approximate surface area is 157 Å². The molecule has 0 unspecified atom stereocenters. The Balaban J connectivity index is 1.57. The molecule has 1 amide bonds. The molecule has 1 atom stereocenters. The van der Waals surface area contributed by atoms with Crippen LogP contribution in [-0.4, -0.2) is 57.0 Å². The zero-order valence-electron chi connectivity index (χ0n) is 15.2. The van der Waals surface area contributed by atoms with Crippen LogP contribution in [0.4, 0.5) is 5.69 Å². The number of rotatable bonds is 6. The van der Waals surface area contributed by atoms with Crippen LogP contribution in [0, 0.1) is 0 Å². The fourth-order valence-corrected chi connectivity index (χ4v) is 4.07. The number of hydrogen-bond donors (Lipinski definition) is 1. The van der Waals surface area contributed by atoms with Gasteiger partial charge in [-0.2, -0.15) is 0 Å². The Morgan fingerprint density at radius 3 is 2.58 bits per heavy atom. The van der Waals surface area contributed by atoms with Crippen molar-refractivity contribution in [1.29, 1.82) is 0 Å². The summed E-state index contributed by atoms with van der Waals surface area (Å²) in [5, 5.41) is 6.85. The van der Waals surface area contributed by atoms with Crippen LogP contribution < -0.4 is 10.6 Å². The summed E-state index contributed by atoms with van der Waals surface area (Å²) < 4.78 is 1.60. The summed E-state index contributed by atoms with van der Waals surface area (Å²) in [6.07, 6.45) is 0.844. The monoisotopic (exact) mass is 375 g/mol. The van der Waals surface area contributed by atoms with Gasteiger partial charge in [0.15, 0.2) is 5.16 Å². The molecule has 1 aliphatic rings. The Morgan fingerprint density at radius 2 is 1.92 bits per heavy atom. The molecular weight excluding hydrogens is 350 g/mol. The van der Waals surface area contributed by atoms with Crippen molar-refractivity contribution in [3.05, 3.63) is 40.8 Å². The van der Waals surface area contributed by atoms with Crippen LogP contribution in [-0.2, 0) is 11.3 Å². The standard InChI is InChI=1S/C18H25N5O2S/c1-3-9-23-17(25)19-20-18(23)26-14(2)16(24)22-12-10-21(11-13-22)15-7-5-4-6-8-15/h4-8,14H,3,9-13H2,1-2H3,(H,19,25)/t14-/m1/s1. The molecule has 140 valence electrons. The van der Waals surface area contributed by atoms with E-state index in [0.29, 0.717) is 24.8 Å². The predicted molar refractivity (Wildman–Crippen MR) is 104 cm³/mol. The number of amides is 1. The van der Waals surface area contributed by atoms with Crippen molar-refractivity contribution in [3.8, 4) is 0 Å².